The van der Waals surface area contributed by atoms with Gasteiger partial charge >= 0.3 is 0 Å². The minimum atomic E-state index is -0.299. The van der Waals surface area contributed by atoms with Gasteiger partial charge in [-0.2, -0.15) is 0 Å². The molecule has 0 amide bonds. The zero-order chi connectivity index (χ0) is 13.0. The summed E-state index contributed by atoms with van der Waals surface area (Å²) in [4.78, 5) is 0. The Balaban J connectivity index is 2.08. The zero-order valence-electron chi connectivity index (χ0n) is 9.91. The number of halogens is 2. The van der Waals surface area contributed by atoms with Crippen LogP contribution in [0.5, 0.6) is 5.75 Å². The van der Waals surface area contributed by atoms with Gasteiger partial charge in [0.25, 0.3) is 0 Å². The molecule has 18 heavy (non-hydrogen) atoms. The van der Waals surface area contributed by atoms with Crippen molar-refractivity contribution in [3.63, 3.8) is 0 Å². The van der Waals surface area contributed by atoms with Crippen LogP contribution in [0, 0.1) is 9.39 Å². The van der Waals surface area contributed by atoms with E-state index in [2.05, 4.69) is 52.2 Å². The van der Waals surface area contributed by atoms with Crippen LogP contribution in [0.3, 0.4) is 0 Å². The van der Waals surface area contributed by atoms with E-state index >= 15 is 0 Å². The quantitative estimate of drug-likeness (QED) is 0.834. The van der Waals surface area contributed by atoms with Crippen molar-refractivity contribution >= 4 is 28.3 Å². The third-order valence-corrected chi connectivity index (χ3v) is 3.28. The van der Waals surface area contributed by atoms with Gasteiger partial charge in [-0.3, -0.25) is 0 Å². The van der Waals surface area contributed by atoms with Crippen LogP contribution in [-0.2, 0) is 6.54 Å². The van der Waals surface area contributed by atoms with E-state index in [1.807, 2.05) is 0 Å². The Morgan fingerprint density at radius 1 is 1.17 bits per heavy atom. The van der Waals surface area contributed by atoms with E-state index in [1.165, 1.54) is 28.4 Å². The van der Waals surface area contributed by atoms with Crippen LogP contribution in [0.1, 0.15) is 5.56 Å². The fourth-order valence-corrected chi connectivity index (χ4v) is 1.97. The van der Waals surface area contributed by atoms with Gasteiger partial charge in [-0.1, -0.05) is 12.1 Å². The molecule has 0 atom stereocenters. The van der Waals surface area contributed by atoms with Crippen LogP contribution < -0.4 is 10.1 Å². The summed E-state index contributed by atoms with van der Waals surface area (Å²) in [6.07, 6.45) is 0. The van der Waals surface area contributed by atoms with Crippen molar-refractivity contribution in [2.75, 3.05) is 12.4 Å². The molecule has 0 saturated heterocycles. The number of anilines is 1. The predicted octanol–water partition coefficient (Wildman–Crippen LogP) is 4.05. The minimum Gasteiger partial charge on any atom is -0.494 e. The highest BCUT2D eigenvalue weighted by Gasteiger charge is 2.04. The van der Waals surface area contributed by atoms with Gasteiger partial charge in [0.1, 0.15) is 11.6 Å². The first-order valence-corrected chi connectivity index (χ1v) is 6.59. The highest BCUT2D eigenvalue weighted by molar-refractivity contribution is 14.1. The molecule has 4 heteroatoms. The van der Waals surface area contributed by atoms with Gasteiger partial charge in [-0.05, 0) is 52.4 Å². The summed E-state index contributed by atoms with van der Waals surface area (Å²) in [7, 11) is 1.53. The molecule has 0 aromatic heterocycles. The molecule has 0 aliphatic rings. The van der Waals surface area contributed by atoms with E-state index in [-0.39, 0.29) is 5.82 Å². The first-order chi connectivity index (χ1) is 8.69. The Morgan fingerprint density at radius 2 is 1.89 bits per heavy atom. The molecule has 1 N–H and O–H groups in total. The summed E-state index contributed by atoms with van der Waals surface area (Å²) in [5.41, 5.74) is 1.96. The molecule has 2 aromatic rings. The second kappa shape index (κ2) is 6.04. The lowest BCUT2D eigenvalue weighted by atomic mass is 10.2. The number of rotatable bonds is 4. The topological polar surface area (TPSA) is 21.3 Å². The molecule has 0 radical (unpaired) electrons. The van der Waals surface area contributed by atoms with Crippen LogP contribution in [0.2, 0.25) is 0 Å². The Bertz CT molecular complexity index is 528. The van der Waals surface area contributed by atoms with Crippen LogP contribution in [0.4, 0.5) is 10.1 Å². The number of methoxy groups -OCH3 is 1. The standard InChI is InChI=1S/C14H13FINO/c1-18-14-8-11(15)4-7-13(14)17-9-10-2-5-12(16)6-3-10/h2-8,17H,9H2,1H3. The van der Waals surface area contributed by atoms with Crippen LogP contribution in [-0.4, -0.2) is 7.11 Å². The Labute approximate surface area is 119 Å². The first-order valence-electron chi connectivity index (χ1n) is 5.51. The van der Waals surface area contributed by atoms with Crippen molar-refractivity contribution in [3.05, 3.63) is 57.4 Å². The lowest BCUT2D eigenvalue weighted by Gasteiger charge is -2.11. The third kappa shape index (κ3) is 3.35. The van der Waals surface area contributed by atoms with Crippen molar-refractivity contribution in [2.24, 2.45) is 0 Å². The van der Waals surface area contributed by atoms with Crippen LogP contribution >= 0.6 is 22.6 Å². The lowest BCUT2D eigenvalue weighted by Crippen LogP contribution is -2.01. The van der Waals surface area contributed by atoms with Gasteiger partial charge < -0.3 is 10.1 Å². The van der Waals surface area contributed by atoms with Gasteiger partial charge in [0, 0.05) is 16.2 Å². The second-order valence-electron chi connectivity index (χ2n) is 3.82. The fraction of sp³-hybridized carbons (Fsp3) is 0.143. The number of hydrogen-bond donors (Lipinski definition) is 1. The summed E-state index contributed by atoms with van der Waals surface area (Å²) in [6, 6.07) is 12.7. The first kappa shape index (κ1) is 13.1. The number of nitrogens with one attached hydrogen (secondary N) is 1. The van der Waals surface area contributed by atoms with Crippen LogP contribution in [0.15, 0.2) is 42.5 Å². The molecule has 2 rings (SSSR count). The molecule has 0 aliphatic heterocycles. The molecule has 0 unspecified atom stereocenters. The largest absolute Gasteiger partial charge is 0.494 e. The summed E-state index contributed by atoms with van der Waals surface area (Å²) >= 11 is 2.27. The normalized spacial score (nSPS) is 10.2. The maximum absolute atomic E-state index is 13.0. The Hall–Kier alpha value is -1.30. The van der Waals surface area contributed by atoms with Crippen molar-refractivity contribution in [3.8, 4) is 5.75 Å². The highest BCUT2D eigenvalue weighted by Crippen LogP contribution is 2.25. The SMILES string of the molecule is COc1cc(F)ccc1NCc1ccc(I)cc1. The molecule has 0 heterocycles. The van der Waals surface area contributed by atoms with Crippen LogP contribution in [0.25, 0.3) is 0 Å². The van der Waals surface area contributed by atoms with E-state index in [0.29, 0.717) is 12.3 Å². The molecule has 2 aromatic carbocycles. The van der Waals surface area contributed by atoms with Crippen molar-refractivity contribution in [1.29, 1.82) is 0 Å². The maximum Gasteiger partial charge on any atom is 0.144 e. The van der Waals surface area contributed by atoms with E-state index in [9.17, 15) is 4.39 Å². The van der Waals surface area contributed by atoms with E-state index < -0.39 is 0 Å². The molecule has 0 saturated carbocycles. The molecule has 0 fully saturated rings. The van der Waals surface area contributed by atoms with Gasteiger partial charge in [0.2, 0.25) is 0 Å². The molecule has 94 valence electrons. The summed E-state index contributed by atoms with van der Waals surface area (Å²) in [6.45, 7) is 0.679. The van der Waals surface area contributed by atoms with E-state index in [4.69, 9.17) is 4.74 Å². The maximum atomic E-state index is 13.0. The van der Waals surface area contributed by atoms with Gasteiger partial charge in [-0.25, -0.2) is 4.39 Å². The average Bonchev–Trinajstić information content (AvgIpc) is 2.39. The molecule has 0 bridgehead atoms. The summed E-state index contributed by atoms with van der Waals surface area (Å²) in [5.74, 6) is 0.215. The number of ether oxygens (including phenoxy) is 1. The average molecular weight is 357 g/mol. The molecule has 0 spiro atoms. The second-order valence-corrected chi connectivity index (χ2v) is 5.07. The highest BCUT2D eigenvalue weighted by atomic mass is 127. The van der Waals surface area contributed by atoms with Gasteiger partial charge in [0.05, 0.1) is 12.8 Å². The predicted molar refractivity (Wildman–Crippen MR) is 79.4 cm³/mol. The van der Waals surface area contributed by atoms with Gasteiger partial charge in [0.15, 0.2) is 0 Å². The summed E-state index contributed by atoms with van der Waals surface area (Å²) in [5, 5.41) is 3.23. The molecule has 0 aliphatic carbocycles. The smallest absolute Gasteiger partial charge is 0.144 e. The van der Waals surface area contributed by atoms with Crippen molar-refractivity contribution in [2.45, 2.75) is 6.54 Å². The Morgan fingerprint density at radius 3 is 2.56 bits per heavy atom. The fourth-order valence-electron chi connectivity index (χ4n) is 1.61. The monoisotopic (exact) mass is 357 g/mol. The van der Waals surface area contributed by atoms with Crippen molar-refractivity contribution < 1.29 is 9.13 Å². The minimum absolute atomic E-state index is 0.299. The van der Waals surface area contributed by atoms with Gasteiger partial charge in [-0.15, -0.1) is 0 Å². The molecular weight excluding hydrogens is 344 g/mol. The van der Waals surface area contributed by atoms with E-state index in [1.54, 1.807) is 6.07 Å². The number of benzene rings is 2. The third-order valence-electron chi connectivity index (χ3n) is 2.56. The van der Waals surface area contributed by atoms with E-state index in [0.717, 1.165) is 5.69 Å². The van der Waals surface area contributed by atoms with Crippen molar-refractivity contribution in [1.82, 2.24) is 0 Å². The molecular formula is C14H13FINO. The number of hydrogen-bond acceptors (Lipinski definition) is 2. The molecule has 2 nitrogen and oxygen atoms in total. The summed E-state index contributed by atoms with van der Waals surface area (Å²) < 4.78 is 19.4. The Kier molecular flexibility index (Phi) is 4.41. The lowest BCUT2D eigenvalue weighted by molar-refractivity contribution is 0.413. The zero-order valence-corrected chi connectivity index (χ0v) is 12.1.